The Kier molecular flexibility index (Phi) is 8.06. The summed E-state index contributed by atoms with van der Waals surface area (Å²) >= 11 is 0. The van der Waals surface area contributed by atoms with Gasteiger partial charge in [-0.1, -0.05) is 69.5 Å². The molecule has 2 fully saturated rings. The van der Waals surface area contributed by atoms with Gasteiger partial charge in [0.05, 0.1) is 17.4 Å². The Hall–Kier alpha value is -3.28. The van der Waals surface area contributed by atoms with Gasteiger partial charge in [-0.25, -0.2) is 9.97 Å². The molecular formula is C32H40N4O2. The Labute approximate surface area is 226 Å². The van der Waals surface area contributed by atoms with E-state index >= 15 is 0 Å². The Morgan fingerprint density at radius 3 is 2.50 bits per heavy atom. The van der Waals surface area contributed by atoms with Gasteiger partial charge >= 0.3 is 0 Å². The number of carbonyl (C=O) groups excluding carboxylic acids is 2. The molecule has 3 atom stereocenters. The fraction of sp³-hybridized carbons (Fsp3) is 0.500. The van der Waals surface area contributed by atoms with Crippen LogP contribution < -0.4 is 5.32 Å². The minimum atomic E-state index is -0.458. The molecule has 1 aliphatic carbocycles. The Balaban J connectivity index is 1.43. The minimum absolute atomic E-state index is 0.0105. The smallest absolute Gasteiger partial charge is 0.246 e. The maximum atomic E-state index is 14.1. The summed E-state index contributed by atoms with van der Waals surface area (Å²) in [7, 11) is 0. The van der Waals surface area contributed by atoms with E-state index in [2.05, 4.69) is 41.7 Å². The first-order valence-corrected chi connectivity index (χ1v) is 14.4. The lowest BCUT2D eigenvalue weighted by Gasteiger charge is -2.35. The quantitative estimate of drug-likeness (QED) is 0.399. The number of hydrogen-bond donors (Lipinski definition) is 1. The van der Waals surface area contributed by atoms with Crippen LogP contribution in [0, 0.1) is 18.8 Å². The minimum Gasteiger partial charge on any atom is -0.344 e. The molecule has 1 aromatic heterocycles. The van der Waals surface area contributed by atoms with E-state index in [9.17, 15) is 9.59 Å². The largest absolute Gasteiger partial charge is 0.344 e. The van der Waals surface area contributed by atoms with Gasteiger partial charge in [0.2, 0.25) is 11.8 Å². The highest BCUT2D eigenvalue weighted by Crippen LogP contribution is 2.36. The van der Waals surface area contributed by atoms with Gasteiger partial charge < -0.3 is 10.2 Å². The average Bonchev–Trinajstić information content (AvgIpc) is 3.45. The highest BCUT2D eigenvalue weighted by Gasteiger charge is 2.39. The predicted octanol–water partition coefficient (Wildman–Crippen LogP) is 6.38. The van der Waals surface area contributed by atoms with Crippen LogP contribution in [0.25, 0.3) is 22.0 Å². The molecule has 200 valence electrons. The van der Waals surface area contributed by atoms with Crippen LogP contribution in [0.1, 0.15) is 82.8 Å². The van der Waals surface area contributed by atoms with E-state index in [1.54, 1.807) is 0 Å². The number of aryl methyl sites for hydroxylation is 1. The molecule has 6 nitrogen and oxygen atoms in total. The molecule has 5 rings (SSSR count). The van der Waals surface area contributed by atoms with Crippen molar-refractivity contribution in [3.05, 3.63) is 60.0 Å². The molecule has 1 saturated heterocycles. The number of nitrogens with zero attached hydrogens (tertiary/aromatic N) is 3. The topological polar surface area (TPSA) is 75.2 Å². The summed E-state index contributed by atoms with van der Waals surface area (Å²) in [4.78, 5) is 38.6. The van der Waals surface area contributed by atoms with Crippen molar-refractivity contribution in [3.8, 4) is 11.3 Å². The second-order valence-corrected chi connectivity index (χ2v) is 11.2. The van der Waals surface area contributed by atoms with E-state index in [-0.39, 0.29) is 29.7 Å². The number of carbonyl (C=O) groups is 2. The SMILES string of the molecule is CCC(C)C(=O)NC(C(=O)N1CCCC1c1cc(-c2ccc3ccccc3c2)nc(C)n1)C1CCCCC1. The maximum absolute atomic E-state index is 14.1. The number of rotatable bonds is 7. The molecule has 2 heterocycles. The Morgan fingerprint density at radius 1 is 0.974 bits per heavy atom. The summed E-state index contributed by atoms with van der Waals surface area (Å²) in [5.74, 6) is 0.852. The predicted molar refractivity (Wildman–Crippen MR) is 151 cm³/mol. The standard InChI is InChI=1S/C32H40N4O2/c1-4-21(2)31(37)35-30(24-12-6-5-7-13-24)32(38)36-18-10-15-29(36)28-20-27(33-22(3)34-28)26-17-16-23-11-8-9-14-25(23)19-26/h8-9,11,14,16-17,19-21,24,29-30H,4-7,10,12-13,15,18H2,1-3H3,(H,35,37). The first-order chi connectivity index (χ1) is 18.4. The van der Waals surface area contributed by atoms with Gasteiger partial charge in [-0.05, 0) is 67.9 Å². The summed E-state index contributed by atoms with van der Waals surface area (Å²) in [6, 6.07) is 16.2. The molecule has 0 spiro atoms. The van der Waals surface area contributed by atoms with E-state index in [1.165, 1.54) is 17.2 Å². The van der Waals surface area contributed by atoms with Gasteiger partial charge in [0.15, 0.2) is 0 Å². The van der Waals surface area contributed by atoms with Gasteiger partial charge in [-0.2, -0.15) is 0 Å². The van der Waals surface area contributed by atoms with Crippen molar-refractivity contribution in [2.45, 2.75) is 84.2 Å². The van der Waals surface area contributed by atoms with Crippen molar-refractivity contribution >= 4 is 22.6 Å². The zero-order valence-electron chi connectivity index (χ0n) is 23.0. The highest BCUT2D eigenvalue weighted by molar-refractivity contribution is 5.89. The number of aromatic nitrogens is 2. The molecule has 2 amide bonds. The van der Waals surface area contributed by atoms with E-state index < -0.39 is 6.04 Å². The molecule has 2 aromatic carbocycles. The Bertz CT molecular complexity index is 1300. The van der Waals surface area contributed by atoms with Crippen LogP contribution in [0.5, 0.6) is 0 Å². The number of likely N-dealkylation sites (tertiary alicyclic amines) is 1. The maximum Gasteiger partial charge on any atom is 0.246 e. The van der Waals surface area contributed by atoms with Gasteiger partial charge in [0.25, 0.3) is 0 Å². The summed E-state index contributed by atoms with van der Waals surface area (Å²) in [5, 5.41) is 5.56. The van der Waals surface area contributed by atoms with Gasteiger partial charge in [0.1, 0.15) is 11.9 Å². The van der Waals surface area contributed by atoms with E-state index in [1.807, 2.05) is 37.8 Å². The third-order valence-corrected chi connectivity index (χ3v) is 8.53. The van der Waals surface area contributed by atoms with Crippen molar-refractivity contribution < 1.29 is 9.59 Å². The molecule has 3 unspecified atom stereocenters. The van der Waals surface area contributed by atoms with Crippen molar-refractivity contribution in [2.24, 2.45) is 11.8 Å². The van der Waals surface area contributed by atoms with E-state index in [4.69, 9.17) is 9.97 Å². The number of nitrogens with one attached hydrogen (secondary N) is 1. The molecule has 6 heteroatoms. The third-order valence-electron chi connectivity index (χ3n) is 8.53. The van der Waals surface area contributed by atoms with E-state index in [0.29, 0.717) is 12.4 Å². The van der Waals surface area contributed by atoms with Crippen LogP contribution in [0.15, 0.2) is 48.5 Å². The monoisotopic (exact) mass is 512 g/mol. The molecule has 1 aliphatic heterocycles. The van der Waals surface area contributed by atoms with Crippen LogP contribution in [-0.4, -0.2) is 39.3 Å². The van der Waals surface area contributed by atoms with Crippen LogP contribution in [-0.2, 0) is 9.59 Å². The Morgan fingerprint density at radius 2 is 1.74 bits per heavy atom. The van der Waals surface area contributed by atoms with Crippen LogP contribution in [0.2, 0.25) is 0 Å². The van der Waals surface area contributed by atoms with Gasteiger partial charge in [-0.15, -0.1) is 0 Å². The number of benzene rings is 2. The fourth-order valence-electron chi connectivity index (χ4n) is 6.10. The molecular weight excluding hydrogens is 472 g/mol. The summed E-state index contributed by atoms with van der Waals surface area (Å²) < 4.78 is 0. The summed E-state index contributed by atoms with van der Waals surface area (Å²) in [6.45, 7) is 6.57. The van der Waals surface area contributed by atoms with Crippen LogP contribution in [0.4, 0.5) is 0 Å². The number of hydrogen-bond acceptors (Lipinski definition) is 4. The summed E-state index contributed by atoms with van der Waals surface area (Å²) in [5.41, 5.74) is 2.82. The fourth-order valence-corrected chi connectivity index (χ4v) is 6.10. The van der Waals surface area contributed by atoms with Crippen molar-refractivity contribution in [2.75, 3.05) is 6.54 Å². The van der Waals surface area contributed by atoms with Crippen LogP contribution >= 0.6 is 0 Å². The molecule has 3 aromatic rings. The van der Waals surface area contributed by atoms with Crippen LogP contribution in [0.3, 0.4) is 0 Å². The zero-order chi connectivity index (χ0) is 26.6. The number of fused-ring (bicyclic) bond motifs is 1. The second kappa shape index (κ2) is 11.6. The molecule has 1 saturated carbocycles. The number of amides is 2. The second-order valence-electron chi connectivity index (χ2n) is 11.2. The molecule has 1 N–H and O–H groups in total. The van der Waals surface area contributed by atoms with Crippen molar-refractivity contribution in [3.63, 3.8) is 0 Å². The zero-order valence-corrected chi connectivity index (χ0v) is 23.0. The first-order valence-electron chi connectivity index (χ1n) is 14.4. The van der Waals surface area contributed by atoms with Crippen molar-refractivity contribution in [1.29, 1.82) is 0 Å². The lowest BCUT2D eigenvalue weighted by Crippen LogP contribution is -2.53. The molecule has 38 heavy (non-hydrogen) atoms. The van der Waals surface area contributed by atoms with E-state index in [0.717, 1.165) is 61.9 Å². The summed E-state index contributed by atoms with van der Waals surface area (Å²) in [6.07, 6.45) is 8.01. The average molecular weight is 513 g/mol. The van der Waals surface area contributed by atoms with Crippen molar-refractivity contribution in [1.82, 2.24) is 20.2 Å². The van der Waals surface area contributed by atoms with Gasteiger partial charge in [-0.3, -0.25) is 9.59 Å². The third kappa shape index (κ3) is 5.59. The molecule has 2 aliphatic rings. The molecule has 0 radical (unpaired) electrons. The highest BCUT2D eigenvalue weighted by atomic mass is 16.2. The normalized spacial score (nSPS) is 19.9. The lowest BCUT2D eigenvalue weighted by atomic mass is 9.83. The van der Waals surface area contributed by atoms with Gasteiger partial charge in [0, 0.05) is 18.0 Å². The first kappa shape index (κ1) is 26.3. The molecule has 0 bridgehead atoms. The lowest BCUT2D eigenvalue weighted by molar-refractivity contribution is -0.140.